The van der Waals surface area contributed by atoms with E-state index in [2.05, 4.69) is 5.10 Å². The zero-order valence-electron chi connectivity index (χ0n) is 17.1. The van der Waals surface area contributed by atoms with E-state index in [1.165, 1.54) is 40.6 Å². The van der Waals surface area contributed by atoms with Crippen LogP contribution in [0.3, 0.4) is 0 Å². The van der Waals surface area contributed by atoms with E-state index < -0.39 is 61.7 Å². The lowest BCUT2D eigenvalue weighted by Crippen LogP contribution is -2.42. The van der Waals surface area contributed by atoms with Gasteiger partial charge in [0.05, 0.1) is 33.5 Å². The van der Waals surface area contributed by atoms with Crippen molar-refractivity contribution in [3.05, 3.63) is 77.1 Å². The molecule has 0 fully saturated rings. The highest BCUT2D eigenvalue weighted by Crippen LogP contribution is 2.37. The smallest absolute Gasteiger partial charge is 0.273 e. The predicted molar refractivity (Wildman–Crippen MR) is 103 cm³/mol. The van der Waals surface area contributed by atoms with E-state index >= 15 is 0 Å². The minimum atomic E-state index is -5.37. The Morgan fingerprint density at radius 3 is 1.81 bits per heavy atom. The van der Waals surface area contributed by atoms with E-state index in [-0.39, 0.29) is 23.9 Å². The number of nitrogens with zero attached hydrogens (tertiary/aromatic N) is 2. The van der Waals surface area contributed by atoms with Gasteiger partial charge < -0.3 is 0 Å². The number of hydrogen-bond donors (Lipinski definition) is 2. The summed E-state index contributed by atoms with van der Waals surface area (Å²) in [5.41, 5.74) is -5.52. The molecule has 0 aliphatic carbocycles. The number of alkyl halides is 9. The average Bonchev–Trinajstić information content (AvgIpc) is 3.23. The number of sulfonamides is 1. The number of amides is 1. The standard InChI is InChI=1S/C19H11F9N4O3S/c20-17(21,22)10-6-11(18(23,24)25)8-13(7-10)36(34,35)31-30-16(33)14-9-29-32(15(14)19(26,27)28)12-4-2-1-3-5-12/h1-9,31H,(H,30,33). The van der Waals surface area contributed by atoms with Crippen LogP contribution in [0.5, 0.6) is 0 Å². The molecular formula is C19H11F9N4O3S. The summed E-state index contributed by atoms with van der Waals surface area (Å²) in [7, 11) is -5.31. The molecule has 0 unspecified atom stereocenters. The fourth-order valence-electron chi connectivity index (χ4n) is 2.87. The lowest BCUT2D eigenvalue weighted by atomic mass is 10.1. The highest BCUT2D eigenvalue weighted by molar-refractivity contribution is 7.89. The molecule has 3 aromatic rings. The molecule has 194 valence electrons. The topological polar surface area (TPSA) is 93.1 Å². The molecule has 3 rings (SSSR count). The van der Waals surface area contributed by atoms with Crippen LogP contribution in [0.1, 0.15) is 27.2 Å². The molecule has 0 atom stereocenters. The lowest BCUT2D eigenvalue weighted by Gasteiger charge is -2.15. The van der Waals surface area contributed by atoms with Crippen molar-refractivity contribution in [1.29, 1.82) is 0 Å². The Bertz CT molecular complexity index is 1350. The first-order valence-corrected chi connectivity index (χ1v) is 10.7. The van der Waals surface area contributed by atoms with Gasteiger partial charge in [0.15, 0.2) is 5.69 Å². The first-order chi connectivity index (χ1) is 16.4. The molecule has 0 aliphatic heterocycles. The van der Waals surface area contributed by atoms with Gasteiger partial charge in [0.2, 0.25) is 0 Å². The van der Waals surface area contributed by atoms with Crippen LogP contribution in [0, 0.1) is 0 Å². The Morgan fingerprint density at radius 2 is 1.33 bits per heavy atom. The van der Waals surface area contributed by atoms with Gasteiger partial charge in [0.25, 0.3) is 15.9 Å². The summed E-state index contributed by atoms with van der Waals surface area (Å²) in [4.78, 5) is 12.0. The van der Waals surface area contributed by atoms with E-state index in [1.54, 1.807) is 0 Å². The van der Waals surface area contributed by atoms with Gasteiger partial charge in [0.1, 0.15) is 0 Å². The number of nitrogens with one attached hydrogen (secondary N) is 2. The fraction of sp³-hybridized carbons (Fsp3) is 0.158. The molecule has 1 heterocycles. The third-order valence-corrected chi connectivity index (χ3v) is 5.68. The first kappa shape index (κ1) is 27.0. The highest BCUT2D eigenvalue weighted by Gasteiger charge is 2.41. The number of hydrazine groups is 1. The van der Waals surface area contributed by atoms with Crippen LogP contribution in [0.4, 0.5) is 39.5 Å². The van der Waals surface area contributed by atoms with Crippen LogP contribution in [0.25, 0.3) is 5.69 Å². The average molecular weight is 546 g/mol. The van der Waals surface area contributed by atoms with Crippen molar-refractivity contribution in [2.75, 3.05) is 0 Å². The normalized spacial score (nSPS) is 13.0. The number of halogens is 9. The zero-order chi connectivity index (χ0) is 27.1. The molecule has 0 aliphatic rings. The Balaban J connectivity index is 1.95. The predicted octanol–water partition coefficient (Wildman–Crippen LogP) is 4.55. The Labute approximate surface area is 195 Å². The minimum Gasteiger partial charge on any atom is -0.273 e. The van der Waals surface area contributed by atoms with Crippen molar-refractivity contribution in [1.82, 2.24) is 20.0 Å². The third-order valence-electron chi connectivity index (χ3n) is 4.45. The largest absolute Gasteiger partial charge is 0.434 e. The zero-order valence-corrected chi connectivity index (χ0v) is 17.9. The maximum atomic E-state index is 13.6. The monoisotopic (exact) mass is 546 g/mol. The number of carbonyl (C=O) groups is 1. The van der Waals surface area contributed by atoms with E-state index in [9.17, 15) is 52.7 Å². The summed E-state index contributed by atoms with van der Waals surface area (Å²) in [5.74, 6) is -1.74. The van der Waals surface area contributed by atoms with Crippen molar-refractivity contribution in [2.24, 2.45) is 0 Å². The highest BCUT2D eigenvalue weighted by atomic mass is 32.2. The maximum absolute atomic E-state index is 13.6. The second-order valence-electron chi connectivity index (χ2n) is 6.95. The summed E-state index contributed by atoms with van der Waals surface area (Å²) in [6, 6.07) is 6.06. The molecule has 17 heteroatoms. The van der Waals surface area contributed by atoms with Crippen molar-refractivity contribution >= 4 is 15.9 Å². The van der Waals surface area contributed by atoms with Gasteiger partial charge >= 0.3 is 18.5 Å². The van der Waals surface area contributed by atoms with Crippen molar-refractivity contribution in [3.8, 4) is 5.69 Å². The van der Waals surface area contributed by atoms with E-state index in [0.717, 1.165) is 0 Å². The van der Waals surface area contributed by atoms with Gasteiger partial charge in [-0.1, -0.05) is 18.2 Å². The summed E-state index contributed by atoms with van der Waals surface area (Å²) in [6.45, 7) is 0. The molecule has 0 saturated heterocycles. The molecule has 1 amide bonds. The molecule has 0 saturated carbocycles. The Morgan fingerprint density at radius 1 is 0.806 bits per heavy atom. The van der Waals surface area contributed by atoms with Crippen LogP contribution in [-0.4, -0.2) is 24.1 Å². The van der Waals surface area contributed by atoms with E-state index in [1.807, 2.05) is 0 Å². The first-order valence-electron chi connectivity index (χ1n) is 9.23. The maximum Gasteiger partial charge on any atom is 0.434 e. The SMILES string of the molecule is O=C(NNS(=O)(=O)c1cc(C(F)(F)F)cc(C(F)(F)F)c1)c1cnn(-c2ccccc2)c1C(F)(F)F. The number of para-hydroxylation sites is 1. The Hall–Kier alpha value is -3.60. The summed E-state index contributed by atoms with van der Waals surface area (Å²) < 4.78 is 144. The summed E-state index contributed by atoms with van der Waals surface area (Å²) in [5, 5.41) is 3.46. The molecular weight excluding hydrogens is 535 g/mol. The summed E-state index contributed by atoms with van der Waals surface area (Å²) in [6.07, 6.45) is -15.5. The van der Waals surface area contributed by atoms with Gasteiger partial charge in [0, 0.05) is 0 Å². The van der Waals surface area contributed by atoms with Gasteiger partial charge in [-0.15, -0.1) is 4.83 Å². The fourth-order valence-corrected chi connectivity index (χ4v) is 3.78. The molecule has 0 spiro atoms. The van der Waals surface area contributed by atoms with Crippen molar-refractivity contribution < 1.29 is 52.7 Å². The quantitative estimate of drug-likeness (QED) is 0.363. The number of rotatable bonds is 5. The molecule has 2 aromatic carbocycles. The molecule has 0 bridgehead atoms. The van der Waals surface area contributed by atoms with Gasteiger partial charge in [-0.25, -0.2) is 13.1 Å². The minimum absolute atomic E-state index is 0.117. The van der Waals surface area contributed by atoms with Crippen LogP contribution in [-0.2, 0) is 28.6 Å². The number of hydrogen-bond acceptors (Lipinski definition) is 4. The molecule has 7 nitrogen and oxygen atoms in total. The van der Waals surface area contributed by atoms with Gasteiger partial charge in [-0.3, -0.25) is 10.2 Å². The van der Waals surface area contributed by atoms with Gasteiger partial charge in [-0.05, 0) is 30.3 Å². The molecule has 1 aromatic heterocycles. The van der Waals surface area contributed by atoms with E-state index in [4.69, 9.17) is 0 Å². The van der Waals surface area contributed by atoms with Crippen molar-refractivity contribution in [3.63, 3.8) is 0 Å². The van der Waals surface area contributed by atoms with E-state index in [0.29, 0.717) is 10.9 Å². The molecule has 0 radical (unpaired) electrons. The van der Waals surface area contributed by atoms with Crippen molar-refractivity contribution in [2.45, 2.75) is 23.4 Å². The van der Waals surface area contributed by atoms with Crippen LogP contribution in [0.2, 0.25) is 0 Å². The molecule has 36 heavy (non-hydrogen) atoms. The number of carbonyl (C=O) groups excluding carboxylic acids is 1. The summed E-state index contributed by atoms with van der Waals surface area (Å²) >= 11 is 0. The van der Waals surface area contributed by atoms with Crippen LogP contribution in [0.15, 0.2) is 59.6 Å². The third kappa shape index (κ3) is 5.78. The second-order valence-corrected chi connectivity index (χ2v) is 8.64. The lowest BCUT2D eigenvalue weighted by molar-refractivity contribution is -0.144. The number of aromatic nitrogens is 2. The Kier molecular flexibility index (Phi) is 6.84. The number of benzene rings is 2. The molecule has 2 N–H and O–H groups in total. The van der Waals surface area contributed by atoms with Gasteiger partial charge in [-0.2, -0.15) is 44.6 Å². The van der Waals surface area contributed by atoms with Crippen LogP contribution < -0.4 is 10.3 Å². The van der Waals surface area contributed by atoms with Crippen LogP contribution >= 0.6 is 0 Å². The second kappa shape index (κ2) is 9.12.